The van der Waals surface area contributed by atoms with Gasteiger partial charge >= 0.3 is 0 Å². The zero-order chi connectivity index (χ0) is 40.3. The van der Waals surface area contributed by atoms with E-state index in [1.807, 2.05) is 36.5 Å². The molecule has 1 aliphatic heterocycles. The molecule has 5 nitrogen and oxygen atoms in total. The maximum absolute atomic E-state index is 8.30. The van der Waals surface area contributed by atoms with E-state index in [0.717, 1.165) is 78.3 Å². The Morgan fingerprint density at radius 2 is 1.23 bits per heavy atom. The fourth-order valence-corrected chi connectivity index (χ4v) is 8.46. The van der Waals surface area contributed by atoms with E-state index in [1.54, 1.807) is 0 Å². The van der Waals surface area contributed by atoms with Crippen molar-refractivity contribution in [1.29, 1.82) is 0 Å². The monoisotopic (exact) mass is 726 g/mol. The molecule has 0 spiro atoms. The molecule has 0 fully saturated rings. The fourth-order valence-electron chi connectivity index (χ4n) is 8.46. The van der Waals surface area contributed by atoms with Crippen molar-refractivity contribution in [1.82, 2.24) is 9.55 Å². The molecule has 10 rings (SSSR count). The summed E-state index contributed by atoms with van der Waals surface area (Å²) in [7, 11) is 0. The predicted octanol–water partition coefficient (Wildman–Crippen LogP) is 13.1. The van der Waals surface area contributed by atoms with Crippen LogP contribution < -0.4 is 14.7 Å². The minimum Gasteiger partial charge on any atom is -0.355 e. The van der Waals surface area contributed by atoms with Crippen LogP contribution in [-0.2, 0) is 0 Å². The first-order valence-electron chi connectivity index (χ1n) is 20.5. The van der Waals surface area contributed by atoms with Crippen molar-refractivity contribution in [3.8, 4) is 28.1 Å². The molecule has 0 atom stereocenters. The van der Waals surface area contributed by atoms with Crippen molar-refractivity contribution >= 4 is 55.9 Å². The lowest BCUT2D eigenvalue weighted by Crippen LogP contribution is -2.24. The van der Waals surface area contributed by atoms with Crippen LogP contribution in [0.3, 0.4) is 0 Å². The minimum atomic E-state index is -2.28. The number of benzene rings is 7. The first-order valence-corrected chi connectivity index (χ1v) is 19.0. The van der Waals surface area contributed by atoms with Gasteiger partial charge in [-0.3, -0.25) is 4.57 Å². The summed E-state index contributed by atoms with van der Waals surface area (Å²) in [5, 5.41) is 2.29. The number of fused-ring (bicyclic) bond motifs is 4. The van der Waals surface area contributed by atoms with Crippen LogP contribution in [0.2, 0.25) is 0 Å². The van der Waals surface area contributed by atoms with Gasteiger partial charge in [0.05, 0.1) is 34.8 Å². The van der Waals surface area contributed by atoms with Crippen LogP contribution in [0.15, 0.2) is 182 Å². The van der Waals surface area contributed by atoms with Crippen LogP contribution in [0.1, 0.15) is 15.2 Å². The number of anilines is 6. The summed E-state index contributed by atoms with van der Waals surface area (Å²) in [5.74, 6) is 0.834. The van der Waals surface area contributed by atoms with Crippen LogP contribution in [0.5, 0.6) is 0 Å². The van der Waals surface area contributed by atoms with Gasteiger partial charge in [-0.25, -0.2) is 4.98 Å². The number of pyridine rings is 1. The van der Waals surface area contributed by atoms with Crippen LogP contribution in [0, 0.1) is 13.8 Å². The maximum atomic E-state index is 8.30. The molecule has 2 aromatic heterocycles. The predicted molar refractivity (Wildman–Crippen MR) is 235 cm³/mol. The third-order valence-electron chi connectivity index (χ3n) is 11.0. The lowest BCUT2D eigenvalue weighted by atomic mass is 9.95. The van der Waals surface area contributed by atoms with Gasteiger partial charge in [0.1, 0.15) is 5.82 Å². The quantitative estimate of drug-likeness (QED) is 0.163. The van der Waals surface area contributed by atoms with E-state index in [9.17, 15) is 0 Å². The molecule has 56 heavy (non-hydrogen) atoms. The van der Waals surface area contributed by atoms with Crippen molar-refractivity contribution in [3.05, 3.63) is 193 Å². The molecular weight excluding hydrogens is 683 g/mol. The maximum Gasteiger partial charge on any atom is 0.138 e. The second kappa shape index (κ2) is 13.6. The molecule has 270 valence electrons. The molecule has 0 N–H and O–H groups in total. The van der Waals surface area contributed by atoms with Crippen molar-refractivity contribution in [3.63, 3.8) is 0 Å². The van der Waals surface area contributed by atoms with Crippen molar-refractivity contribution < 1.29 is 4.11 Å². The zero-order valence-corrected chi connectivity index (χ0v) is 31.3. The highest BCUT2D eigenvalue weighted by Gasteiger charge is 2.26. The van der Waals surface area contributed by atoms with Crippen molar-refractivity contribution in [2.24, 2.45) is 0 Å². The summed E-state index contributed by atoms with van der Waals surface area (Å²) >= 11 is 0. The number of hydrogen-bond donors (Lipinski definition) is 0. The number of aryl methyl sites for hydroxylation is 2. The Morgan fingerprint density at radius 3 is 2.05 bits per heavy atom. The van der Waals surface area contributed by atoms with Crippen LogP contribution in [0.25, 0.3) is 49.9 Å². The molecule has 5 heteroatoms. The molecule has 0 unspecified atom stereocenters. The zero-order valence-electron chi connectivity index (χ0n) is 34.3. The smallest absolute Gasteiger partial charge is 0.138 e. The van der Waals surface area contributed by atoms with Crippen LogP contribution in [-0.4, -0.2) is 23.2 Å². The van der Waals surface area contributed by atoms with E-state index in [1.165, 1.54) is 16.0 Å². The molecular formula is C51H41N5. The molecule has 1 aliphatic rings. The van der Waals surface area contributed by atoms with Gasteiger partial charge in [0.25, 0.3) is 0 Å². The summed E-state index contributed by atoms with van der Waals surface area (Å²) in [5.41, 5.74) is 14.5. The van der Waals surface area contributed by atoms with Gasteiger partial charge in [0.15, 0.2) is 0 Å². The van der Waals surface area contributed by atoms with Gasteiger partial charge < -0.3 is 14.7 Å². The summed E-state index contributed by atoms with van der Waals surface area (Å²) in [6, 6.07) is 61.2. The SMILES string of the molecule is [2H]C([2H])([2H])N1CN(c2cccc(N(c3ccc4c5ccccc5n(-c5cc(-c6ccccc6-c6ccccc6)ccn5)c4c3)c3c(C)cccc3C)c2)c2ccccc21. The summed E-state index contributed by atoms with van der Waals surface area (Å²) < 4.78 is 27.2. The summed E-state index contributed by atoms with van der Waals surface area (Å²) in [6.07, 6.45) is 1.91. The Hall–Kier alpha value is -7.11. The highest BCUT2D eigenvalue weighted by atomic mass is 15.4. The number of rotatable bonds is 7. The minimum absolute atomic E-state index is 0.219. The number of hydrogen-bond acceptors (Lipinski definition) is 4. The lowest BCUT2D eigenvalue weighted by molar-refractivity contribution is 0.949. The van der Waals surface area contributed by atoms with Crippen molar-refractivity contribution in [2.75, 3.05) is 28.3 Å². The van der Waals surface area contributed by atoms with Gasteiger partial charge in [-0.2, -0.15) is 0 Å². The van der Waals surface area contributed by atoms with Gasteiger partial charge in [-0.15, -0.1) is 0 Å². The summed E-state index contributed by atoms with van der Waals surface area (Å²) in [4.78, 5) is 10.9. The molecule has 0 amide bonds. The Morgan fingerprint density at radius 1 is 0.554 bits per heavy atom. The van der Waals surface area contributed by atoms with E-state index in [4.69, 9.17) is 9.10 Å². The van der Waals surface area contributed by atoms with E-state index >= 15 is 0 Å². The van der Waals surface area contributed by atoms with Crippen LogP contribution >= 0.6 is 0 Å². The molecule has 7 aromatic carbocycles. The van der Waals surface area contributed by atoms with Crippen molar-refractivity contribution in [2.45, 2.75) is 13.8 Å². The highest BCUT2D eigenvalue weighted by molar-refractivity contribution is 6.10. The topological polar surface area (TPSA) is 27.5 Å². The van der Waals surface area contributed by atoms with E-state index < -0.39 is 6.98 Å². The Bertz CT molecular complexity index is 3010. The number of para-hydroxylation sites is 4. The molecule has 9 aromatic rings. The first kappa shape index (κ1) is 30.2. The number of nitrogens with zero attached hydrogens (tertiary/aromatic N) is 5. The number of aromatic nitrogens is 2. The Kier molecular flexibility index (Phi) is 7.36. The first-order chi connectivity index (χ1) is 28.7. The van der Waals surface area contributed by atoms with Gasteiger partial charge in [0, 0.05) is 45.1 Å². The van der Waals surface area contributed by atoms with Gasteiger partial charge in [-0.1, -0.05) is 115 Å². The Labute approximate surface area is 332 Å². The molecule has 0 saturated heterocycles. The standard InChI is InChI=1S/C51H41N5/c1-35-15-13-16-36(2)51(35)55(40-20-14-19-39(32-40)54-34-53(3)47-25-11-12-26-48(47)54)41-27-28-45-44-23-9-10-24-46(44)56(49(45)33-41)50-31-38(29-30-52-50)43-22-8-7-21-42(43)37-17-5-4-6-18-37/h4-33H,34H2,1-3H3/i3D3. The Balaban J connectivity index is 1.15. The third kappa shape index (κ3) is 5.59. The van der Waals surface area contributed by atoms with Gasteiger partial charge in [-0.05, 0) is 108 Å². The van der Waals surface area contributed by atoms with E-state index in [-0.39, 0.29) is 6.67 Å². The average Bonchev–Trinajstić information content (AvgIpc) is 3.82. The normalized spacial score (nSPS) is 13.4. The molecule has 0 aliphatic carbocycles. The van der Waals surface area contributed by atoms with Crippen LogP contribution in [0.4, 0.5) is 34.1 Å². The molecule has 3 heterocycles. The van der Waals surface area contributed by atoms with E-state index in [0.29, 0.717) is 5.69 Å². The lowest BCUT2D eigenvalue weighted by Gasteiger charge is -2.30. The third-order valence-corrected chi connectivity index (χ3v) is 11.0. The highest BCUT2D eigenvalue weighted by Crippen LogP contribution is 2.45. The largest absolute Gasteiger partial charge is 0.355 e. The molecule has 0 saturated carbocycles. The second-order valence-electron chi connectivity index (χ2n) is 14.5. The average molecular weight is 727 g/mol. The summed E-state index contributed by atoms with van der Waals surface area (Å²) in [6.45, 7) is 2.25. The molecule has 0 bridgehead atoms. The second-order valence-corrected chi connectivity index (χ2v) is 14.5. The van der Waals surface area contributed by atoms with E-state index in [2.05, 4.69) is 174 Å². The van der Waals surface area contributed by atoms with Gasteiger partial charge in [0.2, 0.25) is 0 Å². The molecule has 0 radical (unpaired) electrons. The fraction of sp³-hybridized carbons (Fsp3) is 0.0784.